The third-order valence-corrected chi connectivity index (χ3v) is 9.88. The summed E-state index contributed by atoms with van der Waals surface area (Å²) < 4.78 is 11.5. The predicted molar refractivity (Wildman–Crippen MR) is 171 cm³/mol. The number of anilines is 1. The van der Waals surface area contributed by atoms with Crippen LogP contribution in [0.15, 0.2) is 48.6 Å². The summed E-state index contributed by atoms with van der Waals surface area (Å²) in [5.41, 5.74) is 1.27. The van der Waals surface area contributed by atoms with E-state index in [0.29, 0.717) is 49.9 Å². The van der Waals surface area contributed by atoms with Crippen LogP contribution in [0.5, 0.6) is 5.75 Å². The molecule has 2 aromatic rings. The molecule has 2 heterocycles. The molecule has 0 radical (unpaired) electrons. The van der Waals surface area contributed by atoms with Crippen molar-refractivity contribution in [2.45, 2.75) is 69.5 Å². The fourth-order valence-electron chi connectivity index (χ4n) is 6.89. The summed E-state index contributed by atoms with van der Waals surface area (Å²) in [6.07, 6.45) is 8.18. The van der Waals surface area contributed by atoms with Crippen LogP contribution in [-0.2, 0) is 26.3 Å². The van der Waals surface area contributed by atoms with E-state index in [1.807, 2.05) is 24.3 Å². The number of fused-ring (bicyclic) bond motifs is 2. The third kappa shape index (κ3) is 6.77. The highest BCUT2D eigenvalue weighted by molar-refractivity contribution is 6.30. The number of aryl methyl sites for hydroxylation is 1. The molecule has 2 aromatic carbocycles. The van der Waals surface area contributed by atoms with Crippen LogP contribution < -0.4 is 9.64 Å². The standard InChI is InChI=1S/C35H45ClN2O6/c1-4-8-23-17-27(36)12-14-28(23)25-21-38-20-24-10-13-29(24)31(39)9-6-5-7-16-37(2)33(40)19-35(42,34(41)43-3)26-11-15-32(44-22-25)30(38)18-26/h6,9,11-12,14-15,17-18,24-25,29,31,39,42H,4-5,7-8,10,13,16,19-22H2,1-3H3/b9-6-/t24?,25?,29?,31?,35-/m0/s1. The smallest absolute Gasteiger partial charge is 0.343 e. The van der Waals surface area contributed by atoms with E-state index in [9.17, 15) is 19.8 Å². The molecule has 1 saturated carbocycles. The average molecular weight is 625 g/mol. The normalized spacial score (nSPS) is 28.5. The molecule has 1 aliphatic carbocycles. The van der Waals surface area contributed by atoms with Gasteiger partial charge in [-0.3, -0.25) is 4.79 Å². The molecule has 2 N–H and O–H groups in total. The van der Waals surface area contributed by atoms with Gasteiger partial charge in [-0.15, -0.1) is 0 Å². The van der Waals surface area contributed by atoms with Crippen LogP contribution >= 0.6 is 11.6 Å². The lowest BCUT2D eigenvalue weighted by atomic mass is 9.70. The van der Waals surface area contributed by atoms with E-state index in [1.54, 1.807) is 25.2 Å². The summed E-state index contributed by atoms with van der Waals surface area (Å²) in [7, 11) is 2.89. The zero-order chi connectivity index (χ0) is 31.4. The van der Waals surface area contributed by atoms with Crippen molar-refractivity contribution in [3.63, 3.8) is 0 Å². The van der Waals surface area contributed by atoms with E-state index >= 15 is 0 Å². The first-order chi connectivity index (χ1) is 21.1. The summed E-state index contributed by atoms with van der Waals surface area (Å²) in [4.78, 5) is 30.2. The maximum absolute atomic E-state index is 13.3. The SMILES string of the molecule is CCCc1cc(Cl)ccc1C1COc2ccc3cc2N(C1)CC1CCC1C(O)/C=C\CCCN(C)C(=O)C[C@@]3(O)C(=O)OC. The monoisotopic (exact) mass is 624 g/mol. The first kappa shape index (κ1) is 32.3. The highest BCUT2D eigenvalue weighted by Gasteiger charge is 2.44. The molecule has 8 nitrogen and oxygen atoms in total. The van der Waals surface area contributed by atoms with Gasteiger partial charge in [0.25, 0.3) is 0 Å². The zero-order valence-corrected chi connectivity index (χ0v) is 26.8. The van der Waals surface area contributed by atoms with Crippen LogP contribution in [-0.4, -0.2) is 73.5 Å². The van der Waals surface area contributed by atoms with Crippen LogP contribution in [0.1, 0.15) is 68.1 Å². The van der Waals surface area contributed by atoms with E-state index in [4.69, 9.17) is 21.1 Å². The topological polar surface area (TPSA) is 99.5 Å². The summed E-state index contributed by atoms with van der Waals surface area (Å²) in [6.45, 7) is 4.38. The number of amides is 1. The van der Waals surface area contributed by atoms with Gasteiger partial charge >= 0.3 is 5.97 Å². The molecular formula is C35H45ClN2O6. The second kappa shape index (κ2) is 13.9. The van der Waals surface area contributed by atoms with E-state index < -0.39 is 24.1 Å². The zero-order valence-electron chi connectivity index (χ0n) is 26.0. The second-order valence-electron chi connectivity index (χ2n) is 12.6. The minimum atomic E-state index is -2.17. The average Bonchev–Trinajstić information content (AvgIpc) is 3.17. The number of hydrogen-bond donors (Lipinski definition) is 2. The minimum Gasteiger partial charge on any atom is -0.491 e. The molecule has 9 heteroatoms. The Morgan fingerprint density at radius 3 is 2.73 bits per heavy atom. The van der Waals surface area contributed by atoms with Gasteiger partial charge in [0, 0.05) is 37.6 Å². The number of ether oxygens (including phenoxy) is 2. The molecule has 0 aromatic heterocycles. The van der Waals surface area contributed by atoms with Crippen LogP contribution in [0.4, 0.5) is 5.69 Å². The number of carbonyl (C=O) groups is 2. The van der Waals surface area contributed by atoms with Crippen molar-refractivity contribution in [3.8, 4) is 5.75 Å². The van der Waals surface area contributed by atoms with Gasteiger partial charge in [-0.05, 0) is 84.9 Å². The van der Waals surface area contributed by atoms with Gasteiger partial charge < -0.3 is 29.5 Å². The fourth-order valence-corrected chi connectivity index (χ4v) is 7.08. The van der Waals surface area contributed by atoms with Gasteiger partial charge in [0.2, 0.25) is 5.91 Å². The first-order valence-corrected chi connectivity index (χ1v) is 16.2. The molecule has 1 amide bonds. The van der Waals surface area contributed by atoms with Gasteiger partial charge in [0.05, 0.1) is 31.9 Å². The molecule has 238 valence electrons. The number of halogens is 1. The van der Waals surface area contributed by atoms with E-state index in [2.05, 4.69) is 17.9 Å². The number of nitrogens with zero attached hydrogens (tertiary/aromatic N) is 2. The molecule has 44 heavy (non-hydrogen) atoms. The second-order valence-corrected chi connectivity index (χ2v) is 13.0. The molecule has 4 unspecified atom stereocenters. The van der Waals surface area contributed by atoms with Crippen molar-refractivity contribution in [2.24, 2.45) is 11.8 Å². The van der Waals surface area contributed by atoms with E-state index in [0.717, 1.165) is 31.4 Å². The number of esters is 1. The van der Waals surface area contributed by atoms with Crippen LogP contribution in [0.3, 0.4) is 0 Å². The van der Waals surface area contributed by atoms with Crippen molar-refractivity contribution in [1.29, 1.82) is 0 Å². The number of aliphatic hydroxyl groups is 2. The summed E-state index contributed by atoms with van der Waals surface area (Å²) in [5, 5.41) is 23.6. The number of allylic oxidation sites excluding steroid dienone is 1. The highest BCUT2D eigenvalue weighted by atomic mass is 35.5. The Bertz CT molecular complexity index is 1380. The number of methoxy groups -OCH3 is 1. The summed E-state index contributed by atoms with van der Waals surface area (Å²) in [5.74, 6) is -0.166. The number of benzene rings is 2. The Labute approximate surface area is 265 Å². The van der Waals surface area contributed by atoms with Crippen molar-refractivity contribution in [3.05, 3.63) is 70.3 Å². The predicted octanol–water partition coefficient (Wildman–Crippen LogP) is 5.22. The van der Waals surface area contributed by atoms with Crippen molar-refractivity contribution in [2.75, 3.05) is 45.3 Å². The van der Waals surface area contributed by atoms with E-state index in [1.165, 1.54) is 23.1 Å². The molecule has 1 fully saturated rings. The molecule has 5 rings (SSSR count). The number of carbonyl (C=O) groups excluding carboxylic acids is 2. The number of hydrogen-bond acceptors (Lipinski definition) is 7. The Morgan fingerprint density at radius 1 is 1.18 bits per heavy atom. The summed E-state index contributed by atoms with van der Waals surface area (Å²) >= 11 is 6.40. The number of aliphatic hydroxyl groups excluding tert-OH is 1. The van der Waals surface area contributed by atoms with Crippen LogP contribution in [0.2, 0.25) is 5.02 Å². The molecule has 0 spiro atoms. The Balaban J connectivity index is 1.59. The molecule has 2 aliphatic heterocycles. The summed E-state index contributed by atoms with van der Waals surface area (Å²) in [6, 6.07) is 11.3. The van der Waals surface area contributed by atoms with Gasteiger partial charge in [-0.25, -0.2) is 4.79 Å². The van der Waals surface area contributed by atoms with Crippen LogP contribution in [0, 0.1) is 11.8 Å². The van der Waals surface area contributed by atoms with Gasteiger partial charge in [-0.1, -0.05) is 49.2 Å². The molecule has 3 aliphatic rings. The lowest BCUT2D eigenvalue weighted by Gasteiger charge is -2.42. The third-order valence-electron chi connectivity index (χ3n) is 9.65. The van der Waals surface area contributed by atoms with Gasteiger partial charge in [0.15, 0.2) is 5.60 Å². The quantitative estimate of drug-likeness (QED) is 0.355. The molecular weight excluding hydrogens is 580 g/mol. The maximum atomic E-state index is 13.3. The van der Waals surface area contributed by atoms with Crippen molar-refractivity contribution < 1.29 is 29.3 Å². The Hall–Kier alpha value is -3.07. The fraction of sp³-hybridized carbons (Fsp3) is 0.543. The molecule has 5 atom stereocenters. The van der Waals surface area contributed by atoms with Crippen LogP contribution in [0.25, 0.3) is 0 Å². The maximum Gasteiger partial charge on any atom is 0.343 e. The first-order valence-electron chi connectivity index (χ1n) is 15.8. The van der Waals surface area contributed by atoms with Crippen molar-refractivity contribution in [1.82, 2.24) is 4.90 Å². The largest absolute Gasteiger partial charge is 0.491 e. The van der Waals surface area contributed by atoms with Crippen molar-refractivity contribution >= 4 is 29.2 Å². The Morgan fingerprint density at radius 2 is 2.00 bits per heavy atom. The molecule has 0 saturated heterocycles. The minimum absolute atomic E-state index is 0.0387. The van der Waals surface area contributed by atoms with E-state index in [-0.39, 0.29) is 29.2 Å². The lowest BCUT2D eigenvalue weighted by molar-refractivity contribution is -0.168. The highest BCUT2D eigenvalue weighted by Crippen LogP contribution is 2.44. The number of rotatable bonds is 4. The lowest BCUT2D eigenvalue weighted by Crippen LogP contribution is -2.44. The molecule has 2 bridgehead atoms. The van der Waals surface area contributed by atoms with Gasteiger partial charge in [-0.2, -0.15) is 0 Å². The van der Waals surface area contributed by atoms with Gasteiger partial charge in [0.1, 0.15) is 5.75 Å². The Kier molecular flexibility index (Phi) is 10.2.